The predicted octanol–water partition coefficient (Wildman–Crippen LogP) is 3.69. The first-order valence-electron chi connectivity index (χ1n) is 9.22. The van der Waals surface area contributed by atoms with Crippen LogP contribution in [0.5, 0.6) is 5.75 Å². The van der Waals surface area contributed by atoms with Crippen LogP contribution in [0.2, 0.25) is 0 Å². The van der Waals surface area contributed by atoms with Crippen molar-refractivity contribution in [3.05, 3.63) is 89.9 Å². The molecular formula is C22H21N5O2. The van der Waals surface area contributed by atoms with E-state index in [4.69, 9.17) is 4.74 Å². The van der Waals surface area contributed by atoms with Gasteiger partial charge in [-0.15, -0.1) is 5.10 Å². The summed E-state index contributed by atoms with van der Waals surface area (Å²) >= 11 is 0. The lowest BCUT2D eigenvalue weighted by molar-refractivity contribution is 0.102. The van der Waals surface area contributed by atoms with Crippen molar-refractivity contribution >= 4 is 11.6 Å². The van der Waals surface area contributed by atoms with Crippen molar-refractivity contribution in [3.8, 4) is 11.6 Å². The summed E-state index contributed by atoms with van der Waals surface area (Å²) in [5.74, 6) is 1.09. The van der Waals surface area contributed by atoms with Crippen LogP contribution in [0, 0.1) is 6.92 Å². The van der Waals surface area contributed by atoms with E-state index in [0.717, 1.165) is 22.6 Å². The smallest absolute Gasteiger partial charge is 0.280 e. The van der Waals surface area contributed by atoms with Gasteiger partial charge in [-0.05, 0) is 48.4 Å². The summed E-state index contributed by atoms with van der Waals surface area (Å²) in [6, 6.07) is 19.1. The molecule has 0 unspecified atom stereocenters. The predicted molar refractivity (Wildman–Crippen MR) is 111 cm³/mol. The van der Waals surface area contributed by atoms with Crippen molar-refractivity contribution in [3.63, 3.8) is 0 Å². The fraction of sp³-hybridized carbons (Fsp3) is 0.136. The molecule has 2 heterocycles. The number of carbonyl (C=O) groups is 1. The van der Waals surface area contributed by atoms with Gasteiger partial charge in [0.2, 0.25) is 0 Å². The van der Waals surface area contributed by atoms with E-state index in [1.54, 1.807) is 11.8 Å². The van der Waals surface area contributed by atoms with Crippen LogP contribution in [-0.2, 0) is 6.54 Å². The zero-order valence-corrected chi connectivity index (χ0v) is 16.2. The number of hydrogen-bond donors (Lipinski definition) is 1. The van der Waals surface area contributed by atoms with Crippen LogP contribution >= 0.6 is 0 Å². The van der Waals surface area contributed by atoms with Gasteiger partial charge in [0.05, 0.1) is 13.7 Å². The van der Waals surface area contributed by atoms with Gasteiger partial charge in [0.15, 0.2) is 11.5 Å². The molecule has 0 aliphatic rings. The van der Waals surface area contributed by atoms with E-state index in [2.05, 4.69) is 15.6 Å². The van der Waals surface area contributed by atoms with Gasteiger partial charge in [0, 0.05) is 18.1 Å². The zero-order chi connectivity index (χ0) is 20.2. The third kappa shape index (κ3) is 3.89. The first-order chi connectivity index (χ1) is 14.2. The molecule has 2 aromatic carbocycles. The molecule has 2 aromatic heterocycles. The van der Waals surface area contributed by atoms with Crippen molar-refractivity contribution in [1.82, 2.24) is 19.6 Å². The normalized spacial score (nSPS) is 10.7. The number of nitrogens with zero attached hydrogens (tertiary/aromatic N) is 4. The van der Waals surface area contributed by atoms with E-state index >= 15 is 0 Å². The fourth-order valence-electron chi connectivity index (χ4n) is 3.09. The van der Waals surface area contributed by atoms with Gasteiger partial charge in [0.1, 0.15) is 5.75 Å². The molecule has 0 atom stereocenters. The van der Waals surface area contributed by atoms with Crippen molar-refractivity contribution in [2.24, 2.45) is 0 Å². The van der Waals surface area contributed by atoms with Crippen LogP contribution < -0.4 is 10.1 Å². The summed E-state index contributed by atoms with van der Waals surface area (Å²) in [6.07, 6.45) is 3.74. The van der Waals surface area contributed by atoms with Crippen molar-refractivity contribution in [2.75, 3.05) is 12.4 Å². The number of hydrogen-bond acceptors (Lipinski definition) is 4. The molecule has 0 saturated carbocycles. The van der Waals surface area contributed by atoms with Crippen LogP contribution in [-0.4, -0.2) is 32.6 Å². The number of ether oxygens (including phenoxy) is 1. The van der Waals surface area contributed by atoms with E-state index < -0.39 is 0 Å². The van der Waals surface area contributed by atoms with Crippen LogP contribution in [0.4, 0.5) is 5.69 Å². The third-order valence-corrected chi connectivity index (χ3v) is 4.66. The molecule has 7 nitrogen and oxygen atoms in total. The molecule has 7 heteroatoms. The average molecular weight is 387 g/mol. The van der Waals surface area contributed by atoms with Gasteiger partial charge in [-0.3, -0.25) is 4.79 Å². The number of benzene rings is 2. The molecule has 0 fully saturated rings. The lowest BCUT2D eigenvalue weighted by Crippen LogP contribution is -2.17. The minimum absolute atomic E-state index is 0.262. The molecule has 0 aliphatic heterocycles. The van der Waals surface area contributed by atoms with E-state index in [0.29, 0.717) is 12.4 Å². The number of aromatic nitrogens is 4. The number of para-hydroxylation sites is 1. The number of aryl methyl sites for hydroxylation is 1. The maximum absolute atomic E-state index is 13.0. The highest BCUT2D eigenvalue weighted by molar-refractivity contribution is 6.05. The van der Waals surface area contributed by atoms with E-state index in [-0.39, 0.29) is 11.6 Å². The summed E-state index contributed by atoms with van der Waals surface area (Å²) in [7, 11) is 1.63. The lowest BCUT2D eigenvalue weighted by atomic mass is 10.2. The summed E-state index contributed by atoms with van der Waals surface area (Å²) in [5, 5.41) is 11.4. The molecule has 0 bridgehead atoms. The van der Waals surface area contributed by atoms with Crippen molar-refractivity contribution in [2.45, 2.75) is 13.5 Å². The number of anilines is 1. The standard InChI is InChI=1S/C22H21N5O2/c1-16-7-3-4-8-19(16)23-21(28)20-22(26-13-5-6-14-26)27(25-24-20)15-17-9-11-18(29-2)12-10-17/h3-14H,15H2,1-2H3,(H,23,28). The number of nitrogens with one attached hydrogen (secondary N) is 1. The van der Waals surface area contributed by atoms with Gasteiger partial charge in [-0.1, -0.05) is 35.5 Å². The summed E-state index contributed by atoms with van der Waals surface area (Å²) < 4.78 is 8.77. The Hall–Kier alpha value is -3.87. The third-order valence-electron chi connectivity index (χ3n) is 4.66. The largest absolute Gasteiger partial charge is 0.497 e. The highest BCUT2D eigenvalue weighted by Gasteiger charge is 2.21. The van der Waals surface area contributed by atoms with Gasteiger partial charge >= 0.3 is 0 Å². The minimum Gasteiger partial charge on any atom is -0.497 e. The quantitative estimate of drug-likeness (QED) is 0.548. The van der Waals surface area contributed by atoms with Crippen molar-refractivity contribution < 1.29 is 9.53 Å². The Bertz CT molecular complexity index is 1110. The maximum atomic E-state index is 13.0. The zero-order valence-electron chi connectivity index (χ0n) is 16.2. The molecule has 4 aromatic rings. The second-order valence-electron chi connectivity index (χ2n) is 6.63. The second kappa shape index (κ2) is 8.02. The molecule has 1 N–H and O–H groups in total. The summed E-state index contributed by atoms with van der Waals surface area (Å²) in [4.78, 5) is 13.0. The highest BCUT2D eigenvalue weighted by atomic mass is 16.5. The van der Waals surface area contributed by atoms with Crippen LogP contribution in [0.15, 0.2) is 73.1 Å². The van der Waals surface area contributed by atoms with Crippen LogP contribution in [0.1, 0.15) is 21.6 Å². The van der Waals surface area contributed by atoms with Gasteiger partial charge < -0.3 is 14.6 Å². The van der Waals surface area contributed by atoms with E-state index in [1.807, 2.05) is 84.5 Å². The lowest BCUT2D eigenvalue weighted by Gasteiger charge is -2.11. The van der Waals surface area contributed by atoms with Crippen LogP contribution in [0.3, 0.4) is 0 Å². The summed E-state index contributed by atoms with van der Waals surface area (Å²) in [5.41, 5.74) is 3.02. The number of carbonyl (C=O) groups excluding carboxylic acids is 1. The Morgan fingerprint density at radius 3 is 2.45 bits per heavy atom. The maximum Gasteiger partial charge on any atom is 0.280 e. The van der Waals surface area contributed by atoms with Crippen LogP contribution in [0.25, 0.3) is 5.82 Å². The van der Waals surface area contributed by atoms with E-state index in [1.165, 1.54) is 0 Å². The van der Waals surface area contributed by atoms with Crippen molar-refractivity contribution in [1.29, 1.82) is 0 Å². The fourth-order valence-corrected chi connectivity index (χ4v) is 3.09. The molecule has 0 spiro atoms. The molecule has 0 aliphatic carbocycles. The Morgan fingerprint density at radius 2 is 1.76 bits per heavy atom. The molecular weight excluding hydrogens is 366 g/mol. The topological polar surface area (TPSA) is 74.0 Å². The second-order valence-corrected chi connectivity index (χ2v) is 6.63. The number of methoxy groups -OCH3 is 1. The first-order valence-corrected chi connectivity index (χ1v) is 9.22. The van der Waals surface area contributed by atoms with Gasteiger partial charge in [-0.2, -0.15) is 0 Å². The molecule has 146 valence electrons. The van der Waals surface area contributed by atoms with E-state index in [9.17, 15) is 4.79 Å². The Morgan fingerprint density at radius 1 is 1.03 bits per heavy atom. The van der Waals surface area contributed by atoms with Gasteiger partial charge in [0.25, 0.3) is 5.91 Å². The first kappa shape index (κ1) is 18.5. The number of rotatable bonds is 6. The summed E-state index contributed by atoms with van der Waals surface area (Å²) in [6.45, 7) is 2.42. The molecule has 0 radical (unpaired) electrons. The molecule has 1 amide bonds. The highest BCUT2D eigenvalue weighted by Crippen LogP contribution is 2.19. The minimum atomic E-state index is -0.302. The molecule has 29 heavy (non-hydrogen) atoms. The Balaban J connectivity index is 1.67. The molecule has 4 rings (SSSR count). The molecule has 0 saturated heterocycles. The Kier molecular flexibility index (Phi) is 5.11. The number of amides is 1. The Labute approximate surface area is 168 Å². The SMILES string of the molecule is COc1ccc(Cn2nnc(C(=O)Nc3ccccc3C)c2-n2cccc2)cc1. The monoisotopic (exact) mass is 387 g/mol. The van der Waals surface area contributed by atoms with Gasteiger partial charge in [-0.25, -0.2) is 4.68 Å². The average Bonchev–Trinajstić information content (AvgIpc) is 3.40.